The Morgan fingerprint density at radius 1 is 1.50 bits per heavy atom. The third-order valence-corrected chi connectivity index (χ3v) is 1.69. The number of nitrogens with one attached hydrogen (secondary N) is 1. The van der Waals surface area contributed by atoms with Crippen LogP contribution >= 0.6 is 0 Å². The maximum Gasteiger partial charge on any atom is 0.141 e. The molecule has 1 N–H and O–H groups in total. The molecule has 0 spiro atoms. The number of aromatic nitrogens is 1. The first-order chi connectivity index (χ1) is 6.83. The van der Waals surface area contributed by atoms with Crippen molar-refractivity contribution in [2.75, 3.05) is 6.54 Å². The maximum atomic E-state index is 12.7. The summed E-state index contributed by atoms with van der Waals surface area (Å²) in [6.07, 6.45) is 3.67. The molecular formula is C11H13FN2. The molecule has 1 heterocycles. The molecule has 0 amide bonds. The Bertz CT molecular complexity index is 339. The summed E-state index contributed by atoms with van der Waals surface area (Å²) in [5.41, 5.74) is 0.856. The highest BCUT2D eigenvalue weighted by atomic mass is 19.1. The Morgan fingerprint density at radius 2 is 2.36 bits per heavy atom. The van der Waals surface area contributed by atoms with Gasteiger partial charge in [0.1, 0.15) is 5.82 Å². The average Bonchev–Trinajstić information content (AvgIpc) is 2.18. The minimum atomic E-state index is -0.294. The predicted molar refractivity (Wildman–Crippen MR) is 54.0 cm³/mol. The van der Waals surface area contributed by atoms with E-state index in [-0.39, 0.29) is 5.82 Å². The Kier molecular flexibility index (Phi) is 4.66. The third-order valence-electron chi connectivity index (χ3n) is 1.69. The molecule has 1 rings (SSSR count). The normalized spacial score (nSPS) is 9.29. The van der Waals surface area contributed by atoms with Gasteiger partial charge in [0.2, 0.25) is 0 Å². The van der Waals surface area contributed by atoms with Crippen LogP contribution in [-0.2, 0) is 6.54 Å². The molecular weight excluding hydrogens is 179 g/mol. The predicted octanol–water partition coefficient (Wildman–Crippen LogP) is 1.72. The van der Waals surface area contributed by atoms with Gasteiger partial charge >= 0.3 is 0 Å². The van der Waals surface area contributed by atoms with Gasteiger partial charge in [0, 0.05) is 25.7 Å². The van der Waals surface area contributed by atoms with Crippen molar-refractivity contribution in [2.24, 2.45) is 0 Å². The third kappa shape index (κ3) is 4.01. The van der Waals surface area contributed by atoms with Crippen molar-refractivity contribution >= 4 is 0 Å². The number of pyridine rings is 1. The first kappa shape index (κ1) is 10.7. The van der Waals surface area contributed by atoms with Gasteiger partial charge in [-0.1, -0.05) is 0 Å². The molecule has 0 bridgehead atoms. The lowest BCUT2D eigenvalue weighted by molar-refractivity contribution is 0.613. The molecule has 0 unspecified atom stereocenters. The van der Waals surface area contributed by atoms with Crippen LogP contribution in [0.5, 0.6) is 0 Å². The molecule has 0 fully saturated rings. The minimum Gasteiger partial charge on any atom is -0.312 e. The van der Waals surface area contributed by atoms with Crippen molar-refractivity contribution in [3.05, 3.63) is 29.8 Å². The van der Waals surface area contributed by atoms with E-state index in [0.29, 0.717) is 6.54 Å². The molecule has 0 saturated carbocycles. The summed E-state index contributed by atoms with van der Waals surface area (Å²) in [5.74, 6) is 5.46. The van der Waals surface area contributed by atoms with E-state index in [4.69, 9.17) is 0 Å². The summed E-state index contributed by atoms with van der Waals surface area (Å²) in [6, 6.07) is 1.48. The van der Waals surface area contributed by atoms with Gasteiger partial charge in [-0.25, -0.2) is 4.39 Å². The van der Waals surface area contributed by atoms with E-state index in [1.54, 1.807) is 6.20 Å². The van der Waals surface area contributed by atoms with Crippen LogP contribution < -0.4 is 5.32 Å². The highest BCUT2D eigenvalue weighted by Gasteiger charge is 1.94. The minimum absolute atomic E-state index is 0.294. The van der Waals surface area contributed by atoms with Gasteiger partial charge < -0.3 is 5.32 Å². The van der Waals surface area contributed by atoms with E-state index >= 15 is 0 Å². The molecule has 0 aliphatic rings. The molecule has 74 valence electrons. The number of rotatable bonds is 4. The van der Waals surface area contributed by atoms with E-state index in [9.17, 15) is 4.39 Å². The second-order valence-corrected chi connectivity index (χ2v) is 2.86. The summed E-state index contributed by atoms with van der Waals surface area (Å²) < 4.78 is 12.7. The molecule has 1 aromatic rings. The van der Waals surface area contributed by atoms with Crippen molar-refractivity contribution in [1.82, 2.24) is 10.3 Å². The Hall–Kier alpha value is -1.40. The van der Waals surface area contributed by atoms with Gasteiger partial charge in [-0.15, -0.1) is 11.8 Å². The van der Waals surface area contributed by atoms with E-state index in [1.807, 2.05) is 6.92 Å². The molecule has 1 aromatic heterocycles. The Morgan fingerprint density at radius 3 is 3.07 bits per heavy atom. The van der Waals surface area contributed by atoms with Crippen LogP contribution in [0.25, 0.3) is 0 Å². The van der Waals surface area contributed by atoms with Crippen LogP contribution in [-0.4, -0.2) is 11.5 Å². The summed E-state index contributed by atoms with van der Waals surface area (Å²) in [4.78, 5) is 3.76. The van der Waals surface area contributed by atoms with Crippen LogP contribution in [0.2, 0.25) is 0 Å². The van der Waals surface area contributed by atoms with Gasteiger partial charge in [0.05, 0.1) is 6.20 Å². The van der Waals surface area contributed by atoms with Crippen LogP contribution in [0.1, 0.15) is 18.9 Å². The van der Waals surface area contributed by atoms with E-state index < -0.39 is 0 Å². The highest BCUT2D eigenvalue weighted by Crippen LogP contribution is 1.99. The molecule has 0 aliphatic heterocycles. The summed E-state index contributed by atoms with van der Waals surface area (Å²) in [6.45, 7) is 3.27. The number of hydrogen-bond acceptors (Lipinski definition) is 2. The van der Waals surface area contributed by atoms with Crippen molar-refractivity contribution in [3.63, 3.8) is 0 Å². The smallest absolute Gasteiger partial charge is 0.141 e. The van der Waals surface area contributed by atoms with E-state index in [1.165, 1.54) is 12.3 Å². The Balaban J connectivity index is 2.27. The number of halogens is 1. The fourth-order valence-corrected chi connectivity index (χ4v) is 1.06. The summed E-state index contributed by atoms with van der Waals surface area (Å²) in [5, 5.41) is 3.15. The van der Waals surface area contributed by atoms with E-state index in [2.05, 4.69) is 22.1 Å². The van der Waals surface area contributed by atoms with Crippen LogP contribution in [0, 0.1) is 17.7 Å². The van der Waals surface area contributed by atoms with Gasteiger partial charge in [0.25, 0.3) is 0 Å². The van der Waals surface area contributed by atoms with Crippen LogP contribution in [0.4, 0.5) is 4.39 Å². The largest absolute Gasteiger partial charge is 0.312 e. The molecule has 14 heavy (non-hydrogen) atoms. The summed E-state index contributed by atoms with van der Waals surface area (Å²) >= 11 is 0. The van der Waals surface area contributed by atoms with Gasteiger partial charge in [-0.05, 0) is 18.6 Å². The fourth-order valence-electron chi connectivity index (χ4n) is 1.06. The number of hydrogen-bond donors (Lipinski definition) is 1. The van der Waals surface area contributed by atoms with Crippen LogP contribution in [0.15, 0.2) is 18.5 Å². The van der Waals surface area contributed by atoms with Gasteiger partial charge in [-0.2, -0.15) is 0 Å². The molecule has 0 aromatic carbocycles. The fraction of sp³-hybridized carbons (Fsp3) is 0.364. The SMILES string of the molecule is CC#CCCNCc1cncc(F)c1. The monoisotopic (exact) mass is 192 g/mol. The van der Waals surface area contributed by atoms with Crippen molar-refractivity contribution in [2.45, 2.75) is 19.9 Å². The molecule has 2 nitrogen and oxygen atoms in total. The van der Waals surface area contributed by atoms with Crippen molar-refractivity contribution in [1.29, 1.82) is 0 Å². The zero-order valence-corrected chi connectivity index (χ0v) is 8.18. The molecule has 3 heteroatoms. The number of nitrogens with zero attached hydrogens (tertiary/aromatic N) is 1. The zero-order valence-electron chi connectivity index (χ0n) is 8.18. The Labute approximate surface area is 83.6 Å². The molecule has 0 radical (unpaired) electrons. The maximum absolute atomic E-state index is 12.7. The van der Waals surface area contributed by atoms with E-state index in [0.717, 1.165) is 18.5 Å². The first-order valence-electron chi connectivity index (χ1n) is 4.52. The topological polar surface area (TPSA) is 24.9 Å². The van der Waals surface area contributed by atoms with Gasteiger partial charge in [0.15, 0.2) is 0 Å². The standard InChI is InChI=1S/C11H13FN2/c1-2-3-4-5-13-7-10-6-11(12)9-14-8-10/h6,8-9,13H,4-5,7H2,1H3. The molecule has 0 aliphatic carbocycles. The zero-order chi connectivity index (χ0) is 10.2. The lowest BCUT2D eigenvalue weighted by Crippen LogP contribution is -2.14. The second kappa shape index (κ2) is 6.11. The van der Waals surface area contributed by atoms with Crippen LogP contribution in [0.3, 0.4) is 0 Å². The molecule has 0 atom stereocenters. The summed E-state index contributed by atoms with van der Waals surface area (Å²) in [7, 11) is 0. The van der Waals surface area contributed by atoms with Crippen molar-refractivity contribution < 1.29 is 4.39 Å². The first-order valence-corrected chi connectivity index (χ1v) is 4.52. The quantitative estimate of drug-likeness (QED) is 0.580. The van der Waals surface area contributed by atoms with Gasteiger partial charge in [-0.3, -0.25) is 4.98 Å². The molecule has 0 saturated heterocycles. The van der Waals surface area contributed by atoms with Crippen molar-refractivity contribution in [3.8, 4) is 11.8 Å². The average molecular weight is 192 g/mol. The second-order valence-electron chi connectivity index (χ2n) is 2.86. The lowest BCUT2D eigenvalue weighted by Gasteiger charge is -2.01. The highest BCUT2D eigenvalue weighted by molar-refractivity contribution is 5.09. The lowest BCUT2D eigenvalue weighted by atomic mass is 10.3.